The Hall–Kier alpha value is -4.38. The van der Waals surface area contributed by atoms with E-state index < -0.39 is 0 Å². The molecule has 0 radical (unpaired) electrons. The molecule has 0 aliphatic heterocycles. The lowest BCUT2D eigenvalue weighted by molar-refractivity contribution is 0.199. The molecule has 6 rings (SSSR count). The van der Waals surface area contributed by atoms with Crippen molar-refractivity contribution in [2.45, 2.75) is 5.92 Å². The van der Waals surface area contributed by atoms with Gasteiger partial charge in [0.15, 0.2) is 0 Å². The van der Waals surface area contributed by atoms with Gasteiger partial charge in [-0.05, 0) is 50.0 Å². The first-order valence-electron chi connectivity index (χ1n) is 13.3. The van der Waals surface area contributed by atoms with E-state index in [1.54, 1.807) is 0 Å². The Morgan fingerprint density at radius 1 is 0.462 bits per heavy atom. The van der Waals surface area contributed by atoms with Gasteiger partial charge in [-0.2, -0.15) is 0 Å². The molecule has 4 heteroatoms. The Balaban J connectivity index is 1.77. The Bertz CT molecular complexity index is 1660. The summed E-state index contributed by atoms with van der Waals surface area (Å²) >= 11 is 0. The number of fused-ring (bicyclic) bond motifs is 3. The standard InChI is InChI=1S/C35H30O4/c36-20-22-38-31-18-16-25-9-2-5-13-28(25)33(31)35(30-15-7-11-24-8-1-4-12-27(24)30)34-29-14-6-3-10-26(29)17-19-32(34)39-23-21-37/h1-19,35-37H,20-23H2. The van der Waals surface area contributed by atoms with Crippen molar-refractivity contribution in [3.8, 4) is 11.5 Å². The van der Waals surface area contributed by atoms with E-state index in [0.717, 1.165) is 60.5 Å². The van der Waals surface area contributed by atoms with E-state index in [0.29, 0.717) is 0 Å². The van der Waals surface area contributed by atoms with Gasteiger partial charge in [0, 0.05) is 17.0 Å². The summed E-state index contributed by atoms with van der Waals surface area (Å²) in [6, 6.07) is 39.7. The second-order valence-corrected chi connectivity index (χ2v) is 9.54. The molecular formula is C35H30O4. The summed E-state index contributed by atoms with van der Waals surface area (Å²) in [5.41, 5.74) is 3.16. The number of benzene rings is 6. The van der Waals surface area contributed by atoms with Gasteiger partial charge in [-0.25, -0.2) is 0 Å². The molecule has 0 aromatic heterocycles. The van der Waals surface area contributed by atoms with Gasteiger partial charge in [0.25, 0.3) is 0 Å². The van der Waals surface area contributed by atoms with Crippen molar-refractivity contribution in [2.75, 3.05) is 26.4 Å². The number of rotatable bonds is 9. The number of aliphatic hydroxyl groups excluding tert-OH is 2. The van der Waals surface area contributed by atoms with Crippen molar-refractivity contribution in [2.24, 2.45) is 0 Å². The largest absolute Gasteiger partial charge is 0.491 e. The van der Waals surface area contributed by atoms with Gasteiger partial charge < -0.3 is 19.7 Å². The van der Waals surface area contributed by atoms with Gasteiger partial charge in [-0.1, -0.05) is 103 Å². The van der Waals surface area contributed by atoms with Crippen LogP contribution in [0.3, 0.4) is 0 Å². The second-order valence-electron chi connectivity index (χ2n) is 9.54. The van der Waals surface area contributed by atoms with E-state index in [1.165, 1.54) is 0 Å². The van der Waals surface area contributed by atoms with Crippen molar-refractivity contribution in [3.63, 3.8) is 0 Å². The first-order chi connectivity index (χ1) is 19.3. The molecule has 0 amide bonds. The first kappa shape index (κ1) is 24.9. The molecule has 39 heavy (non-hydrogen) atoms. The first-order valence-corrected chi connectivity index (χ1v) is 13.3. The van der Waals surface area contributed by atoms with Gasteiger partial charge in [0.1, 0.15) is 24.7 Å². The topological polar surface area (TPSA) is 58.9 Å². The van der Waals surface area contributed by atoms with Crippen LogP contribution in [0.25, 0.3) is 32.3 Å². The van der Waals surface area contributed by atoms with Crippen LogP contribution < -0.4 is 9.47 Å². The highest BCUT2D eigenvalue weighted by Crippen LogP contribution is 2.48. The van der Waals surface area contributed by atoms with Crippen molar-refractivity contribution in [3.05, 3.63) is 132 Å². The third kappa shape index (κ3) is 4.69. The minimum Gasteiger partial charge on any atom is -0.491 e. The average Bonchev–Trinajstić information content (AvgIpc) is 3.00. The van der Waals surface area contributed by atoms with Crippen LogP contribution in [-0.2, 0) is 0 Å². The molecule has 0 saturated carbocycles. The summed E-state index contributed by atoms with van der Waals surface area (Å²) < 4.78 is 12.5. The van der Waals surface area contributed by atoms with Gasteiger partial charge in [-0.15, -0.1) is 0 Å². The number of ether oxygens (including phenoxy) is 2. The zero-order valence-electron chi connectivity index (χ0n) is 21.6. The lowest BCUT2D eigenvalue weighted by Crippen LogP contribution is -2.13. The SMILES string of the molecule is OCCOc1ccc2ccccc2c1C(c1cccc2ccccc12)c1c(OCCO)ccc2ccccc12. The monoisotopic (exact) mass is 514 g/mol. The number of hydrogen-bond acceptors (Lipinski definition) is 4. The summed E-state index contributed by atoms with van der Waals surface area (Å²) in [5, 5.41) is 26.0. The van der Waals surface area contributed by atoms with Crippen LogP contribution in [0.5, 0.6) is 11.5 Å². The van der Waals surface area contributed by atoms with Crippen LogP contribution in [0, 0.1) is 0 Å². The van der Waals surface area contributed by atoms with Crippen LogP contribution in [-0.4, -0.2) is 36.6 Å². The molecule has 6 aromatic carbocycles. The smallest absolute Gasteiger partial charge is 0.124 e. The van der Waals surface area contributed by atoms with Gasteiger partial charge in [-0.3, -0.25) is 0 Å². The minimum absolute atomic E-state index is 0.0790. The molecule has 0 bridgehead atoms. The number of aliphatic hydroxyl groups is 2. The summed E-state index contributed by atoms with van der Waals surface area (Å²) in [6.07, 6.45) is 0. The predicted molar refractivity (Wildman–Crippen MR) is 158 cm³/mol. The molecule has 0 heterocycles. The molecule has 0 saturated heterocycles. The summed E-state index contributed by atoms with van der Waals surface area (Å²) in [7, 11) is 0. The molecule has 0 spiro atoms. The highest BCUT2D eigenvalue weighted by atomic mass is 16.5. The van der Waals surface area contributed by atoms with Gasteiger partial charge >= 0.3 is 0 Å². The Morgan fingerprint density at radius 2 is 0.897 bits per heavy atom. The van der Waals surface area contributed by atoms with Crippen LogP contribution >= 0.6 is 0 Å². The quantitative estimate of drug-likeness (QED) is 0.203. The fourth-order valence-electron chi connectivity index (χ4n) is 5.67. The van der Waals surface area contributed by atoms with Crippen LogP contribution in [0.2, 0.25) is 0 Å². The fourth-order valence-corrected chi connectivity index (χ4v) is 5.67. The van der Waals surface area contributed by atoms with E-state index in [1.807, 2.05) is 36.4 Å². The Kier molecular flexibility index (Phi) is 7.13. The Labute approximate surface area is 227 Å². The third-order valence-electron chi connectivity index (χ3n) is 7.27. The normalized spacial score (nSPS) is 11.5. The molecule has 0 atom stereocenters. The second kappa shape index (κ2) is 11.2. The van der Waals surface area contributed by atoms with Crippen LogP contribution in [0.1, 0.15) is 22.6 Å². The minimum atomic E-state index is -0.268. The molecule has 0 aliphatic carbocycles. The van der Waals surface area contributed by atoms with E-state index in [2.05, 4.69) is 78.9 Å². The van der Waals surface area contributed by atoms with E-state index in [9.17, 15) is 10.2 Å². The Morgan fingerprint density at radius 3 is 1.41 bits per heavy atom. The van der Waals surface area contributed by atoms with Crippen molar-refractivity contribution in [1.82, 2.24) is 0 Å². The highest BCUT2D eigenvalue weighted by molar-refractivity contribution is 5.96. The zero-order chi connectivity index (χ0) is 26.6. The lowest BCUT2D eigenvalue weighted by atomic mass is 9.78. The molecule has 2 N–H and O–H groups in total. The summed E-state index contributed by atoms with van der Waals surface area (Å²) in [6.45, 7) is 0.225. The molecule has 0 aliphatic rings. The van der Waals surface area contributed by atoms with Crippen molar-refractivity contribution >= 4 is 32.3 Å². The van der Waals surface area contributed by atoms with Gasteiger partial charge in [0.2, 0.25) is 0 Å². The summed E-state index contributed by atoms with van der Waals surface area (Å²) in [4.78, 5) is 0. The van der Waals surface area contributed by atoms with Crippen molar-refractivity contribution in [1.29, 1.82) is 0 Å². The fraction of sp³-hybridized carbons (Fsp3) is 0.143. The molecule has 4 nitrogen and oxygen atoms in total. The van der Waals surface area contributed by atoms with Crippen molar-refractivity contribution < 1.29 is 19.7 Å². The maximum absolute atomic E-state index is 9.66. The maximum atomic E-state index is 9.66. The van der Waals surface area contributed by atoms with Crippen LogP contribution in [0.4, 0.5) is 0 Å². The molecule has 194 valence electrons. The van der Waals surface area contributed by atoms with E-state index >= 15 is 0 Å². The lowest BCUT2D eigenvalue weighted by Gasteiger charge is -2.28. The molecule has 6 aromatic rings. The number of hydrogen-bond donors (Lipinski definition) is 2. The molecular weight excluding hydrogens is 484 g/mol. The maximum Gasteiger partial charge on any atom is 0.124 e. The average molecular weight is 515 g/mol. The predicted octanol–water partition coefficient (Wildman–Crippen LogP) is 7.07. The third-order valence-corrected chi connectivity index (χ3v) is 7.27. The molecule has 0 unspecified atom stereocenters. The molecule has 0 fully saturated rings. The highest BCUT2D eigenvalue weighted by Gasteiger charge is 2.29. The van der Waals surface area contributed by atoms with Gasteiger partial charge in [0.05, 0.1) is 13.2 Å². The van der Waals surface area contributed by atoms with Crippen LogP contribution in [0.15, 0.2) is 115 Å². The van der Waals surface area contributed by atoms with E-state index in [-0.39, 0.29) is 32.3 Å². The zero-order valence-corrected chi connectivity index (χ0v) is 21.6. The van der Waals surface area contributed by atoms with E-state index in [4.69, 9.17) is 9.47 Å². The summed E-state index contributed by atoms with van der Waals surface area (Å²) in [5.74, 6) is 1.18.